The second-order valence-electron chi connectivity index (χ2n) is 6.30. The Balaban J connectivity index is 1.97. The molecule has 0 saturated carbocycles. The average molecular weight is 374 g/mol. The number of rotatable bonds is 7. The lowest BCUT2D eigenvalue weighted by Gasteiger charge is -2.16. The smallest absolute Gasteiger partial charge is 0.191 e. The van der Waals surface area contributed by atoms with Gasteiger partial charge >= 0.3 is 0 Å². The molecule has 6 heteroatoms. The van der Waals surface area contributed by atoms with Crippen molar-refractivity contribution in [1.82, 2.24) is 10.6 Å². The molecule has 5 nitrogen and oxygen atoms in total. The number of sulfone groups is 1. The molecule has 0 fully saturated rings. The van der Waals surface area contributed by atoms with Crippen molar-refractivity contribution in [3.8, 4) is 0 Å². The number of nitrogens with zero attached hydrogens (tertiary/aromatic N) is 1. The first-order valence-corrected chi connectivity index (χ1v) is 10.7. The highest BCUT2D eigenvalue weighted by atomic mass is 32.2. The third-order valence-electron chi connectivity index (χ3n) is 4.06. The molecule has 2 aromatic rings. The van der Waals surface area contributed by atoms with Crippen LogP contribution in [0, 0.1) is 0 Å². The summed E-state index contributed by atoms with van der Waals surface area (Å²) >= 11 is 0. The van der Waals surface area contributed by atoms with Crippen molar-refractivity contribution < 1.29 is 8.42 Å². The Kier molecular flexibility index (Phi) is 7.21. The molecule has 0 aromatic heterocycles. The van der Waals surface area contributed by atoms with Crippen LogP contribution < -0.4 is 10.6 Å². The van der Waals surface area contributed by atoms with Crippen LogP contribution in [0.25, 0.3) is 0 Å². The van der Waals surface area contributed by atoms with Crippen LogP contribution in [0.4, 0.5) is 0 Å². The van der Waals surface area contributed by atoms with Crippen LogP contribution in [0.15, 0.2) is 64.5 Å². The van der Waals surface area contributed by atoms with Crippen LogP contribution in [0.1, 0.15) is 30.9 Å². The molecule has 2 aromatic carbocycles. The van der Waals surface area contributed by atoms with Crippen molar-refractivity contribution in [2.24, 2.45) is 4.99 Å². The number of benzene rings is 2. The van der Waals surface area contributed by atoms with Crippen molar-refractivity contribution in [3.05, 3.63) is 65.7 Å². The van der Waals surface area contributed by atoms with Gasteiger partial charge in [-0.2, -0.15) is 0 Å². The monoisotopic (exact) mass is 373 g/mol. The summed E-state index contributed by atoms with van der Waals surface area (Å²) in [6.45, 7) is 6.25. The fourth-order valence-electron chi connectivity index (χ4n) is 2.50. The fourth-order valence-corrected chi connectivity index (χ4v) is 3.13. The lowest BCUT2D eigenvalue weighted by Crippen LogP contribution is -2.39. The van der Waals surface area contributed by atoms with E-state index < -0.39 is 9.84 Å². The molecular weight excluding hydrogens is 346 g/mol. The summed E-state index contributed by atoms with van der Waals surface area (Å²) in [5.74, 6) is 1.12. The van der Waals surface area contributed by atoms with E-state index in [1.54, 1.807) is 24.3 Å². The van der Waals surface area contributed by atoms with E-state index in [2.05, 4.69) is 34.7 Å². The quantitative estimate of drug-likeness (QED) is 0.578. The van der Waals surface area contributed by atoms with Crippen LogP contribution in [0.3, 0.4) is 0 Å². The molecular formula is C20H27N3O2S. The van der Waals surface area contributed by atoms with Crippen LogP contribution in [-0.4, -0.2) is 33.7 Å². The third-order valence-corrected chi connectivity index (χ3v) is 5.19. The predicted molar refractivity (Wildman–Crippen MR) is 107 cm³/mol. The maximum atomic E-state index is 11.5. The molecule has 0 aliphatic heterocycles. The van der Waals surface area contributed by atoms with E-state index in [1.165, 1.54) is 11.8 Å². The van der Waals surface area contributed by atoms with E-state index in [0.29, 0.717) is 17.4 Å². The molecule has 1 atom stereocenters. The molecule has 0 saturated heterocycles. The largest absolute Gasteiger partial charge is 0.357 e. The highest BCUT2D eigenvalue weighted by Gasteiger charge is 2.07. The van der Waals surface area contributed by atoms with E-state index in [9.17, 15) is 8.42 Å². The molecule has 0 heterocycles. The second-order valence-corrected chi connectivity index (χ2v) is 8.32. The number of hydrogen-bond donors (Lipinski definition) is 2. The first kappa shape index (κ1) is 20.0. The first-order valence-electron chi connectivity index (χ1n) is 8.76. The second kappa shape index (κ2) is 9.38. The minimum atomic E-state index is -3.16. The zero-order valence-corrected chi connectivity index (χ0v) is 16.4. The maximum absolute atomic E-state index is 11.5. The molecule has 140 valence electrons. The van der Waals surface area contributed by atoms with Crippen molar-refractivity contribution in [1.29, 1.82) is 0 Å². The Hall–Kier alpha value is -2.34. The lowest BCUT2D eigenvalue weighted by atomic mass is 10.0. The van der Waals surface area contributed by atoms with Crippen LogP contribution in [0.5, 0.6) is 0 Å². The standard InChI is InChI=1S/C20H27N3O2S/c1-4-21-20(22-14-16(2)18-8-6-5-7-9-18)23-15-17-10-12-19(13-11-17)26(3,24)25/h5-13,16H,4,14-15H2,1-3H3,(H2,21,22,23). The normalized spacial score (nSPS) is 13.3. The third kappa shape index (κ3) is 6.19. The van der Waals surface area contributed by atoms with Crippen molar-refractivity contribution >= 4 is 15.8 Å². The van der Waals surface area contributed by atoms with Gasteiger partial charge in [0.1, 0.15) is 0 Å². The summed E-state index contributed by atoms with van der Waals surface area (Å²) in [5.41, 5.74) is 2.25. The Labute approximate surface area is 156 Å². The summed E-state index contributed by atoms with van der Waals surface area (Å²) in [7, 11) is -3.16. The minimum absolute atomic E-state index is 0.326. The number of nitrogens with one attached hydrogen (secondary N) is 2. The number of aliphatic imine (C=N–C) groups is 1. The van der Waals surface area contributed by atoms with Crippen LogP contribution in [-0.2, 0) is 16.4 Å². The summed E-state index contributed by atoms with van der Waals surface area (Å²) in [4.78, 5) is 4.91. The van der Waals surface area contributed by atoms with Gasteiger partial charge < -0.3 is 10.6 Å². The fraction of sp³-hybridized carbons (Fsp3) is 0.350. The van der Waals surface area contributed by atoms with E-state index >= 15 is 0 Å². The predicted octanol–water partition coefficient (Wildman–Crippen LogP) is 2.95. The van der Waals surface area contributed by atoms with Crippen molar-refractivity contribution in [3.63, 3.8) is 0 Å². The van der Waals surface area contributed by atoms with Crippen molar-refractivity contribution in [2.45, 2.75) is 31.2 Å². The zero-order valence-electron chi connectivity index (χ0n) is 15.6. The van der Waals surface area contributed by atoms with Gasteiger partial charge in [0.05, 0.1) is 11.4 Å². The molecule has 0 spiro atoms. The highest BCUT2D eigenvalue weighted by Crippen LogP contribution is 2.13. The lowest BCUT2D eigenvalue weighted by molar-refractivity contribution is 0.602. The molecule has 26 heavy (non-hydrogen) atoms. The van der Waals surface area contributed by atoms with Gasteiger partial charge in [-0.05, 0) is 36.1 Å². The molecule has 2 rings (SSSR count). The summed E-state index contributed by atoms with van der Waals surface area (Å²) in [5, 5.41) is 6.61. The van der Waals surface area contributed by atoms with E-state index in [-0.39, 0.29) is 0 Å². The Morgan fingerprint density at radius 1 is 1.04 bits per heavy atom. The van der Waals surface area contributed by atoms with Crippen molar-refractivity contribution in [2.75, 3.05) is 19.3 Å². The SMILES string of the molecule is CCNC(=NCc1ccc(S(C)(=O)=O)cc1)NCC(C)c1ccccc1. The van der Waals surface area contributed by atoms with E-state index in [0.717, 1.165) is 24.6 Å². The summed E-state index contributed by atoms with van der Waals surface area (Å²) in [6, 6.07) is 17.2. The van der Waals surface area contributed by atoms with Crippen LogP contribution in [0.2, 0.25) is 0 Å². The first-order chi connectivity index (χ1) is 12.4. The van der Waals surface area contributed by atoms with Gasteiger partial charge in [0.2, 0.25) is 0 Å². The molecule has 0 radical (unpaired) electrons. The topological polar surface area (TPSA) is 70.6 Å². The Morgan fingerprint density at radius 2 is 1.69 bits per heavy atom. The molecule has 0 bridgehead atoms. The molecule has 0 aliphatic rings. The summed E-state index contributed by atoms with van der Waals surface area (Å²) in [6.07, 6.45) is 1.21. The van der Waals surface area contributed by atoms with E-state index in [4.69, 9.17) is 0 Å². The number of guanidine groups is 1. The minimum Gasteiger partial charge on any atom is -0.357 e. The molecule has 2 N–H and O–H groups in total. The van der Waals surface area contributed by atoms with Gasteiger partial charge in [0, 0.05) is 19.3 Å². The molecule has 1 unspecified atom stereocenters. The molecule has 0 amide bonds. The Morgan fingerprint density at radius 3 is 2.27 bits per heavy atom. The highest BCUT2D eigenvalue weighted by molar-refractivity contribution is 7.90. The summed E-state index contributed by atoms with van der Waals surface area (Å²) < 4.78 is 23.0. The van der Waals surface area contributed by atoms with E-state index in [1.807, 2.05) is 25.1 Å². The van der Waals surface area contributed by atoms with Gasteiger partial charge in [-0.1, -0.05) is 49.4 Å². The van der Waals surface area contributed by atoms with Gasteiger partial charge in [0.15, 0.2) is 15.8 Å². The number of hydrogen-bond acceptors (Lipinski definition) is 3. The van der Waals surface area contributed by atoms with Gasteiger partial charge in [0.25, 0.3) is 0 Å². The van der Waals surface area contributed by atoms with Gasteiger partial charge in [-0.3, -0.25) is 0 Å². The van der Waals surface area contributed by atoms with Crippen LogP contribution >= 0.6 is 0 Å². The molecule has 0 aliphatic carbocycles. The average Bonchev–Trinajstić information content (AvgIpc) is 2.64. The van der Waals surface area contributed by atoms with Gasteiger partial charge in [-0.25, -0.2) is 13.4 Å². The Bertz CT molecular complexity index is 816. The maximum Gasteiger partial charge on any atom is 0.191 e. The van der Waals surface area contributed by atoms with Gasteiger partial charge in [-0.15, -0.1) is 0 Å². The zero-order chi connectivity index (χ0) is 19.0.